The van der Waals surface area contributed by atoms with Gasteiger partial charge >= 0.3 is 18.0 Å². The van der Waals surface area contributed by atoms with Gasteiger partial charge in [-0.15, -0.1) is 0 Å². The second kappa shape index (κ2) is 13.5. The van der Waals surface area contributed by atoms with Crippen molar-refractivity contribution in [2.24, 2.45) is 73.9 Å². The molecular weight excluding hydrogens is 711 g/mol. The van der Waals surface area contributed by atoms with E-state index in [9.17, 15) is 14.4 Å². The summed E-state index contributed by atoms with van der Waals surface area (Å²) in [6.45, 7) is 25.5. The van der Waals surface area contributed by atoms with E-state index in [-0.39, 0.29) is 69.8 Å². The summed E-state index contributed by atoms with van der Waals surface area (Å²) in [6.07, 6.45) is 14.1. The third-order valence-corrected chi connectivity index (χ3v) is 19.4. The zero-order valence-corrected chi connectivity index (χ0v) is 37.4. The number of rotatable bonds is 7. The molecule has 0 bridgehead atoms. The molecule has 7 nitrogen and oxygen atoms in total. The van der Waals surface area contributed by atoms with E-state index in [0.29, 0.717) is 41.4 Å². The van der Waals surface area contributed by atoms with E-state index in [2.05, 4.69) is 46.9 Å². The second-order valence-corrected chi connectivity index (χ2v) is 23.8. The van der Waals surface area contributed by atoms with Crippen molar-refractivity contribution in [2.45, 2.75) is 183 Å². The molecule has 1 aromatic carbocycles. The lowest BCUT2D eigenvalue weighted by atomic mass is 9.32. The number of amides is 1. The fraction of sp³-hybridized carbons (Fsp3) is 0.820. The number of fused-ring (bicyclic) bond motifs is 7. The zero-order valence-electron chi connectivity index (χ0n) is 37.4. The topological polar surface area (TPSA) is 90.9 Å². The fourth-order valence-corrected chi connectivity index (χ4v) is 15.6. The molecule has 1 N–H and O–H groups in total. The molecule has 1 unspecified atom stereocenters. The van der Waals surface area contributed by atoms with Gasteiger partial charge in [0.25, 0.3) is 0 Å². The number of esters is 2. The van der Waals surface area contributed by atoms with Gasteiger partial charge in [0.1, 0.15) is 18.3 Å². The molecular formula is C50H75NO6. The van der Waals surface area contributed by atoms with Gasteiger partial charge in [-0.2, -0.15) is 0 Å². The van der Waals surface area contributed by atoms with Crippen LogP contribution in [0.25, 0.3) is 0 Å². The van der Waals surface area contributed by atoms with Crippen LogP contribution in [0, 0.1) is 73.9 Å². The van der Waals surface area contributed by atoms with E-state index >= 15 is 0 Å². The van der Waals surface area contributed by atoms with E-state index in [0.717, 1.165) is 44.1 Å². The summed E-state index contributed by atoms with van der Waals surface area (Å²) in [4.78, 5) is 40.7. The Bertz CT molecular complexity index is 1740. The Morgan fingerprint density at radius 1 is 0.684 bits per heavy atom. The standard InChI is InChI=1S/C50H75NO6/c1-43(2,3)57-42(54)51-50-24-19-32(46(8)25-26-46)39(50)33-17-18-37-47(9)22-21-38(45(6,7)36(47)20-23-49(37,11)48(33,10)27-28-50)56-41(53)35-29-34(44(35,4)5)40(52)55-30-31-15-13-12-14-16-31/h12-16,32-39H,17-30H2,1-11H3,(H,51,54)/t32?,33-,34+,35-,36+,37-,38+,39-,47+,48-,49-,50+/m1/s1. The maximum Gasteiger partial charge on any atom is 0.408 e. The molecule has 0 aromatic heterocycles. The molecule has 1 amide bonds. The van der Waals surface area contributed by atoms with Crippen molar-refractivity contribution in [1.29, 1.82) is 0 Å². The Hall–Kier alpha value is -2.57. The summed E-state index contributed by atoms with van der Waals surface area (Å²) < 4.78 is 18.2. The van der Waals surface area contributed by atoms with Gasteiger partial charge in [-0.05, 0) is 166 Å². The first-order chi connectivity index (χ1) is 26.5. The SMILES string of the molecule is CC(C)(C)OC(=O)N[C@]12CCC(C3(C)CC3)[C@@H]1[C@H]1CC[C@@H]3[C@@]4(C)CC[C@H](OC(=O)[C@H]5C[C@@H](C(=O)OCc6ccccc6)C5(C)C)C(C)(C)[C@@H]4CC[C@@]3(C)[C@]1(C)CC2. The van der Waals surface area contributed by atoms with E-state index in [1.165, 1.54) is 38.5 Å². The van der Waals surface area contributed by atoms with Crippen LogP contribution in [0.2, 0.25) is 0 Å². The molecule has 1 aromatic rings. The number of hydrogen-bond donors (Lipinski definition) is 1. The predicted octanol–water partition coefficient (Wildman–Crippen LogP) is 11.5. The number of ether oxygens (including phenoxy) is 3. The lowest BCUT2D eigenvalue weighted by Gasteiger charge is -2.73. The van der Waals surface area contributed by atoms with Crippen LogP contribution in [0.15, 0.2) is 30.3 Å². The van der Waals surface area contributed by atoms with Crippen molar-refractivity contribution >= 4 is 18.0 Å². The maximum absolute atomic E-state index is 14.0. The summed E-state index contributed by atoms with van der Waals surface area (Å²) in [5, 5.41) is 3.61. The molecule has 12 atom stereocenters. The fourth-order valence-electron chi connectivity index (χ4n) is 15.6. The second-order valence-electron chi connectivity index (χ2n) is 23.8. The number of benzene rings is 1. The van der Waals surface area contributed by atoms with E-state index in [1.54, 1.807) is 0 Å². The Labute approximate surface area is 344 Å². The van der Waals surface area contributed by atoms with Crippen molar-refractivity contribution < 1.29 is 28.6 Å². The van der Waals surface area contributed by atoms with Crippen LogP contribution in [0.4, 0.5) is 4.79 Å². The van der Waals surface area contributed by atoms with Gasteiger partial charge < -0.3 is 19.5 Å². The summed E-state index contributed by atoms with van der Waals surface area (Å²) in [5.74, 6) is 1.84. The molecule has 57 heavy (non-hydrogen) atoms. The molecule has 7 aliphatic carbocycles. The number of carbonyl (C=O) groups excluding carboxylic acids is 3. The highest BCUT2D eigenvalue weighted by atomic mass is 16.6. The largest absolute Gasteiger partial charge is 0.462 e. The minimum atomic E-state index is -0.514. The molecule has 0 heterocycles. The third-order valence-electron chi connectivity index (χ3n) is 19.4. The van der Waals surface area contributed by atoms with E-state index < -0.39 is 11.0 Å². The highest BCUT2D eigenvalue weighted by molar-refractivity contribution is 5.82. The summed E-state index contributed by atoms with van der Waals surface area (Å²) in [5.41, 5.74) is 0.595. The number of carbonyl (C=O) groups is 3. The summed E-state index contributed by atoms with van der Waals surface area (Å²) in [7, 11) is 0. The molecule has 0 spiro atoms. The minimum absolute atomic E-state index is 0.132. The average Bonchev–Trinajstić information content (AvgIpc) is 3.75. The van der Waals surface area contributed by atoms with Gasteiger partial charge in [-0.3, -0.25) is 9.59 Å². The lowest BCUT2D eigenvalue weighted by Crippen LogP contribution is -2.69. The van der Waals surface area contributed by atoms with Crippen LogP contribution >= 0.6 is 0 Å². The number of alkyl carbamates (subject to hydrolysis) is 1. The predicted molar refractivity (Wildman–Crippen MR) is 223 cm³/mol. The van der Waals surface area contributed by atoms with Crippen molar-refractivity contribution in [2.75, 3.05) is 0 Å². The quantitative estimate of drug-likeness (QED) is 0.219. The molecule has 7 fully saturated rings. The molecule has 7 aliphatic rings. The smallest absolute Gasteiger partial charge is 0.408 e. The number of hydrogen-bond acceptors (Lipinski definition) is 6. The summed E-state index contributed by atoms with van der Waals surface area (Å²) in [6, 6.07) is 9.77. The molecule has 0 radical (unpaired) electrons. The van der Waals surface area contributed by atoms with Crippen LogP contribution < -0.4 is 5.32 Å². The van der Waals surface area contributed by atoms with Gasteiger partial charge in [0.15, 0.2) is 0 Å². The van der Waals surface area contributed by atoms with Gasteiger partial charge in [0.2, 0.25) is 0 Å². The monoisotopic (exact) mass is 786 g/mol. The van der Waals surface area contributed by atoms with Gasteiger partial charge in [0.05, 0.1) is 11.8 Å². The van der Waals surface area contributed by atoms with E-state index in [4.69, 9.17) is 14.2 Å². The van der Waals surface area contributed by atoms with Gasteiger partial charge in [-0.1, -0.05) is 85.7 Å². The van der Waals surface area contributed by atoms with E-state index in [1.807, 2.05) is 65.0 Å². The van der Waals surface area contributed by atoms with Gasteiger partial charge in [0, 0.05) is 11.0 Å². The first-order valence-corrected chi connectivity index (χ1v) is 22.9. The Balaban J connectivity index is 0.969. The van der Waals surface area contributed by atoms with Gasteiger partial charge in [-0.25, -0.2) is 4.79 Å². The normalized spacial score (nSPS) is 43.4. The lowest BCUT2D eigenvalue weighted by molar-refractivity contribution is -0.249. The zero-order chi connectivity index (χ0) is 41.2. The van der Waals surface area contributed by atoms with Crippen LogP contribution in [-0.4, -0.2) is 35.3 Å². The molecule has 0 saturated heterocycles. The van der Waals surface area contributed by atoms with Crippen LogP contribution in [-0.2, 0) is 30.4 Å². The van der Waals surface area contributed by atoms with Crippen molar-refractivity contribution in [3.63, 3.8) is 0 Å². The third kappa shape index (κ3) is 6.41. The van der Waals surface area contributed by atoms with Crippen LogP contribution in [0.3, 0.4) is 0 Å². The minimum Gasteiger partial charge on any atom is -0.462 e. The average molecular weight is 786 g/mol. The maximum atomic E-state index is 14.0. The first kappa shape index (κ1) is 41.2. The molecule has 7 heteroatoms. The molecule has 316 valence electrons. The highest BCUT2D eigenvalue weighted by Gasteiger charge is 2.73. The van der Waals surface area contributed by atoms with Crippen molar-refractivity contribution in [1.82, 2.24) is 5.32 Å². The Kier molecular flexibility index (Phi) is 9.73. The van der Waals surface area contributed by atoms with Crippen LogP contribution in [0.5, 0.6) is 0 Å². The highest BCUT2D eigenvalue weighted by Crippen LogP contribution is 2.78. The van der Waals surface area contributed by atoms with Crippen molar-refractivity contribution in [3.05, 3.63) is 35.9 Å². The molecule has 8 rings (SSSR count). The first-order valence-electron chi connectivity index (χ1n) is 22.9. The van der Waals surface area contributed by atoms with Crippen molar-refractivity contribution in [3.8, 4) is 0 Å². The van der Waals surface area contributed by atoms with Crippen LogP contribution in [0.1, 0.15) is 165 Å². The molecule has 0 aliphatic heterocycles. The Morgan fingerprint density at radius 3 is 2.02 bits per heavy atom. The number of nitrogens with one attached hydrogen (secondary N) is 1. The summed E-state index contributed by atoms with van der Waals surface area (Å²) >= 11 is 0. The molecule has 7 saturated carbocycles. The Morgan fingerprint density at radius 2 is 1.37 bits per heavy atom.